The number of amides is 2. The average Bonchev–Trinajstić information content (AvgIpc) is 3.22. The number of allylic oxidation sites excluding steroid dienone is 5. The van der Waals surface area contributed by atoms with Gasteiger partial charge in [0.2, 0.25) is 0 Å². The van der Waals surface area contributed by atoms with Gasteiger partial charge in [0.1, 0.15) is 5.03 Å². The standard InChI is InChI=1S/C20H23N5O2S/c1-12-3-4-15(18-10-23-11-27-18)9-17(12)14-5-7-16(8-6-14)24-20(26)25-19(28-22)13(2)21/h3-5,7,9-11H,6,8,21-22H2,1-2H3,(H2,24,25,26)/b19-13-. The molecule has 0 aliphatic heterocycles. The third-order valence-corrected chi connectivity index (χ3v) is 5.09. The Hall–Kier alpha value is -2.97. The molecular weight excluding hydrogens is 374 g/mol. The van der Waals surface area contributed by atoms with Crippen LogP contribution in [0.15, 0.2) is 63.8 Å². The lowest BCUT2D eigenvalue weighted by atomic mass is 9.91. The number of nitrogens with two attached hydrogens (primary N) is 2. The van der Waals surface area contributed by atoms with Crippen LogP contribution in [0.3, 0.4) is 0 Å². The van der Waals surface area contributed by atoms with Crippen molar-refractivity contribution < 1.29 is 9.21 Å². The fourth-order valence-electron chi connectivity index (χ4n) is 2.95. The number of carbonyl (C=O) groups is 1. The lowest BCUT2D eigenvalue weighted by Gasteiger charge is -2.18. The minimum absolute atomic E-state index is 0.357. The normalized spacial score (nSPS) is 14.7. The van der Waals surface area contributed by atoms with Gasteiger partial charge in [0.15, 0.2) is 12.2 Å². The second-order valence-electron chi connectivity index (χ2n) is 6.49. The number of hydrogen-bond acceptors (Lipinski definition) is 6. The van der Waals surface area contributed by atoms with E-state index in [1.165, 1.54) is 17.5 Å². The minimum atomic E-state index is -0.357. The van der Waals surface area contributed by atoms with E-state index in [-0.39, 0.29) is 6.03 Å². The first-order valence-electron chi connectivity index (χ1n) is 8.78. The molecule has 1 aliphatic carbocycles. The van der Waals surface area contributed by atoms with Crippen LogP contribution in [0.25, 0.3) is 16.9 Å². The van der Waals surface area contributed by atoms with Crippen LogP contribution >= 0.6 is 11.9 Å². The van der Waals surface area contributed by atoms with Crippen molar-refractivity contribution in [2.45, 2.75) is 26.7 Å². The van der Waals surface area contributed by atoms with Gasteiger partial charge in [0, 0.05) is 17.0 Å². The Morgan fingerprint density at radius 2 is 2.11 bits per heavy atom. The second-order valence-corrected chi connectivity index (χ2v) is 7.13. The van der Waals surface area contributed by atoms with Crippen LogP contribution in [0, 0.1) is 6.92 Å². The highest BCUT2D eigenvalue weighted by molar-refractivity contribution is 8.00. The van der Waals surface area contributed by atoms with E-state index < -0.39 is 0 Å². The Morgan fingerprint density at radius 1 is 1.29 bits per heavy atom. The first kappa shape index (κ1) is 19.8. The summed E-state index contributed by atoms with van der Waals surface area (Å²) in [5.41, 5.74) is 11.5. The van der Waals surface area contributed by atoms with Gasteiger partial charge < -0.3 is 15.5 Å². The van der Waals surface area contributed by atoms with E-state index in [9.17, 15) is 4.79 Å². The maximum Gasteiger partial charge on any atom is 0.323 e. The van der Waals surface area contributed by atoms with Crippen LogP contribution < -0.4 is 21.5 Å². The van der Waals surface area contributed by atoms with Crippen LogP contribution in [0.4, 0.5) is 4.79 Å². The molecule has 7 nitrogen and oxygen atoms in total. The first-order chi connectivity index (χ1) is 13.5. The largest absolute Gasteiger partial charge is 0.444 e. The molecule has 0 saturated carbocycles. The van der Waals surface area contributed by atoms with Gasteiger partial charge in [0.05, 0.1) is 6.20 Å². The molecule has 1 aliphatic rings. The van der Waals surface area contributed by atoms with E-state index in [2.05, 4.69) is 34.7 Å². The van der Waals surface area contributed by atoms with Crippen LogP contribution in [0.5, 0.6) is 0 Å². The summed E-state index contributed by atoms with van der Waals surface area (Å²) in [7, 11) is 0. The molecule has 0 atom stereocenters. The Bertz CT molecular complexity index is 957. The number of hydrogen-bond donors (Lipinski definition) is 4. The summed E-state index contributed by atoms with van der Waals surface area (Å²) in [5, 5.41) is 11.4. The second kappa shape index (κ2) is 8.81. The Balaban J connectivity index is 1.74. The van der Waals surface area contributed by atoms with Gasteiger partial charge in [-0.2, -0.15) is 0 Å². The molecule has 1 aromatic heterocycles. The van der Waals surface area contributed by atoms with Gasteiger partial charge in [-0.3, -0.25) is 10.5 Å². The molecule has 6 N–H and O–H groups in total. The molecule has 0 spiro atoms. The molecule has 1 heterocycles. The molecule has 3 rings (SSSR count). The van der Waals surface area contributed by atoms with E-state index in [1.807, 2.05) is 18.2 Å². The molecule has 0 saturated heterocycles. The minimum Gasteiger partial charge on any atom is -0.444 e. The van der Waals surface area contributed by atoms with Gasteiger partial charge in [0.25, 0.3) is 0 Å². The zero-order valence-corrected chi connectivity index (χ0v) is 16.6. The van der Waals surface area contributed by atoms with Gasteiger partial charge in [-0.1, -0.05) is 18.2 Å². The fourth-order valence-corrected chi connectivity index (χ4v) is 3.28. The van der Waals surface area contributed by atoms with Gasteiger partial charge in [-0.15, -0.1) is 0 Å². The van der Waals surface area contributed by atoms with Gasteiger partial charge >= 0.3 is 6.03 Å². The Kier molecular flexibility index (Phi) is 6.23. The van der Waals surface area contributed by atoms with E-state index in [0.717, 1.165) is 47.4 Å². The molecule has 2 amide bonds. The molecule has 8 heteroatoms. The zero-order valence-electron chi connectivity index (χ0n) is 15.8. The number of aromatic nitrogens is 1. The topological polar surface area (TPSA) is 119 Å². The third-order valence-electron chi connectivity index (χ3n) is 4.43. The highest BCUT2D eigenvalue weighted by Gasteiger charge is 2.14. The average molecular weight is 398 g/mol. The van der Waals surface area contributed by atoms with Crippen molar-refractivity contribution in [1.29, 1.82) is 0 Å². The maximum atomic E-state index is 12.1. The lowest BCUT2D eigenvalue weighted by Crippen LogP contribution is -2.35. The SMILES string of the molecule is C/C(N)=C(\NC(=O)NC1=CC=C(c2cc(-c3cnco3)ccc2C)CC1)SN. The predicted molar refractivity (Wildman–Crippen MR) is 112 cm³/mol. The van der Waals surface area contributed by atoms with E-state index in [4.69, 9.17) is 15.3 Å². The van der Waals surface area contributed by atoms with Crippen LogP contribution in [-0.4, -0.2) is 11.0 Å². The van der Waals surface area contributed by atoms with E-state index in [1.54, 1.807) is 13.1 Å². The summed E-state index contributed by atoms with van der Waals surface area (Å²) < 4.78 is 5.40. The quantitative estimate of drug-likeness (QED) is 0.570. The molecular formula is C20H23N5O2S. The van der Waals surface area contributed by atoms with Gasteiger partial charge in [-0.05, 0) is 67.5 Å². The summed E-state index contributed by atoms with van der Waals surface area (Å²) in [6, 6.07) is 5.85. The number of nitrogens with zero attached hydrogens (tertiary/aromatic N) is 1. The van der Waals surface area contributed by atoms with Crippen molar-refractivity contribution in [2.24, 2.45) is 10.9 Å². The number of aryl methyl sites for hydroxylation is 1. The third kappa shape index (κ3) is 4.65. The molecule has 2 aromatic rings. The molecule has 0 unspecified atom stereocenters. The van der Waals surface area contributed by atoms with Crippen molar-refractivity contribution in [3.63, 3.8) is 0 Å². The Morgan fingerprint density at radius 3 is 2.71 bits per heavy atom. The van der Waals surface area contributed by atoms with Crippen molar-refractivity contribution in [3.8, 4) is 11.3 Å². The summed E-state index contributed by atoms with van der Waals surface area (Å²) in [4.78, 5) is 16.1. The van der Waals surface area contributed by atoms with Crippen molar-refractivity contribution in [1.82, 2.24) is 15.6 Å². The zero-order chi connectivity index (χ0) is 20.1. The summed E-state index contributed by atoms with van der Waals surface area (Å²) in [5.74, 6) is 0.740. The van der Waals surface area contributed by atoms with E-state index >= 15 is 0 Å². The number of urea groups is 1. The number of oxazole rings is 1. The molecule has 0 radical (unpaired) electrons. The highest BCUT2D eigenvalue weighted by Crippen LogP contribution is 2.31. The predicted octanol–water partition coefficient (Wildman–Crippen LogP) is 3.76. The Labute approximate surface area is 168 Å². The smallest absolute Gasteiger partial charge is 0.323 e. The monoisotopic (exact) mass is 397 g/mol. The number of rotatable bonds is 5. The van der Waals surface area contributed by atoms with E-state index in [0.29, 0.717) is 10.7 Å². The van der Waals surface area contributed by atoms with Gasteiger partial charge in [-0.25, -0.2) is 9.78 Å². The highest BCUT2D eigenvalue weighted by atomic mass is 32.2. The van der Waals surface area contributed by atoms with Crippen LogP contribution in [0.2, 0.25) is 0 Å². The molecule has 1 aromatic carbocycles. The number of carbonyl (C=O) groups excluding carboxylic acids is 1. The van der Waals surface area contributed by atoms with Crippen molar-refractivity contribution in [2.75, 3.05) is 0 Å². The molecule has 28 heavy (non-hydrogen) atoms. The summed E-state index contributed by atoms with van der Waals surface area (Å²) in [6.07, 6.45) is 8.63. The molecule has 146 valence electrons. The number of benzene rings is 1. The molecule has 0 fully saturated rings. The van der Waals surface area contributed by atoms with Crippen molar-refractivity contribution >= 4 is 23.6 Å². The van der Waals surface area contributed by atoms with Crippen LogP contribution in [-0.2, 0) is 0 Å². The first-order valence-corrected chi connectivity index (χ1v) is 9.66. The summed E-state index contributed by atoms with van der Waals surface area (Å²) in [6.45, 7) is 3.76. The van der Waals surface area contributed by atoms with Crippen LogP contribution in [0.1, 0.15) is 30.9 Å². The summed E-state index contributed by atoms with van der Waals surface area (Å²) >= 11 is 0.907. The fraction of sp³-hybridized carbons (Fsp3) is 0.200. The molecule has 0 bridgehead atoms. The maximum absolute atomic E-state index is 12.1. The lowest BCUT2D eigenvalue weighted by molar-refractivity contribution is 0.246. The number of nitrogens with one attached hydrogen (secondary N) is 2. The van der Waals surface area contributed by atoms with Crippen molar-refractivity contribution in [3.05, 3.63) is 70.5 Å².